The van der Waals surface area contributed by atoms with Crippen molar-refractivity contribution in [2.45, 2.75) is 303 Å². The monoisotopic (exact) mass is 1470 g/mol. The van der Waals surface area contributed by atoms with E-state index in [4.69, 9.17) is 37.0 Å². The van der Waals surface area contributed by atoms with Gasteiger partial charge in [0, 0.05) is 25.7 Å². The van der Waals surface area contributed by atoms with Gasteiger partial charge in [-0.15, -0.1) is 0 Å². The molecule has 102 heavy (non-hydrogen) atoms. The van der Waals surface area contributed by atoms with E-state index in [2.05, 4.69) is 174 Å². The van der Waals surface area contributed by atoms with Gasteiger partial charge < -0.3 is 33.8 Å². The third-order valence-electron chi connectivity index (χ3n) is 15.4. The maximum Gasteiger partial charge on any atom is 0.472 e. The molecule has 0 heterocycles. The zero-order valence-electron chi connectivity index (χ0n) is 63.2. The molecule has 0 aromatic carbocycles. The predicted molar refractivity (Wildman–Crippen MR) is 417 cm³/mol. The number of aliphatic hydroxyl groups excluding tert-OH is 1. The maximum absolute atomic E-state index is 13.1. The van der Waals surface area contributed by atoms with Crippen LogP contribution in [0.1, 0.15) is 285 Å². The second kappa shape index (κ2) is 74.0. The normalized spacial score (nSPS) is 14.8. The summed E-state index contributed by atoms with van der Waals surface area (Å²) in [6, 6.07) is 0. The van der Waals surface area contributed by atoms with E-state index < -0.39 is 97.5 Å². The van der Waals surface area contributed by atoms with Crippen LogP contribution in [0, 0.1) is 0 Å². The summed E-state index contributed by atoms with van der Waals surface area (Å²) in [6.07, 6.45) is 85.2. The van der Waals surface area contributed by atoms with Gasteiger partial charge in [0.1, 0.15) is 19.3 Å². The summed E-state index contributed by atoms with van der Waals surface area (Å²) in [5, 5.41) is 10.6. The molecular weight excluding hydrogens is 1330 g/mol. The Morgan fingerprint density at radius 3 is 0.824 bits per heavy atom. The molecule has 0 aliphatic carbocycles. The number of unbranched alkanes of at least 4 members (excludes halogenated alkanes) is 19. The molecule has 0 rings (SSSR count). The fraction of sp³-hybridized carbons (Fsp3) is 0.639. The Balaban J connectivity index is 5.43. The van der Waals surface area contributed by atoms with Crippen molar-refractivity contribution in [3.8, 4) is 0 Å². The van der Waals surface area contributed by atoms with Crippen molar-refractivity contribution in [1.29, 1.82) is 0 Å². The van der Waals surface area contributed by atoms with Crippen LogP contribution in [-0.2, 0) is 65.4 Å². The van der Waals surface area contributed by atoms with E-state index in [0.29, 0.717) is 32.1 Å². The number of rotatable bonds is 71. The predicted octanol–water partition coefficient (Wildman–Crippen LogP) is 22.4. The molecule has 0 radical (unpaired) electrons. The molecule has 5 unspecified atom stereocenters. The number of allylic oxidation sites excluding steroid dienone is 26. The Bertz CT molecular complexity index is 2550. The van der Waals surface area contributed by atoms with Crippen LogP contribution in [0.4, 0.5) is 0 Å². The van der Waals surface area contributed by atoms with Crippen molar-refractivity contribution in [1.82, 2.24) is 0 Å². The lowest BCUT2D eigenvalue weighted by atomic mass is 10.1. The molecule has 17 nitrogen and oxygen atoms in total. The molecule has 0 aromatic rings. The molecule has 0 aromatic heterocycles. The highest BCUT2D eigenvalue weighted by Crippen LogP contribution is 2.45. The van der Waals surface area contributed by atoms with Crippen LogP contribution in [-0.4, -0.2) is 96.7 Å². The lowest BCUT2D eigenvalue weighted by Gasteiger charge is -2.21. The second-order valence-corrected chi connectivity index (χ2v) is 28.1. The Hall–Kier alpha value is -5.32. The van der Waals surface area contributed by atoms with Crippen molar-refractivity contribution < 1.29 is 80.2 Å². The van der Waals surface area contributed by atoms with Crippen LogP contribution in [0.3, 0.4) is 0 Å². The Morgan fingerprint density at radius 2 is 0.520 bits per heavy atom. The van der Waals surface area contributed by atoms with Crippen molar-refractivity contribution in [2.24, 2.45) is 0 Å². The molecular formula is C83H136O17P2. The minimum atomic E-state index is -5.00. The highest BCUT2D eigenvalue weighted by molar-refractivity contribution is 7.47. The van der Waals surface area contributed by atoms with Gasteiger partial charge in [0.05, 0.1) is 26.4 Å². The minimum absolute atomic E-state index is 0.0578. The molecule has 0 spiro atoms. The fourth-order valence-corrected chi connectivity index (χ4v) is 11.3. The smallest absolute Gasteiger partial charge is 0.462 e. The Kier molecular flexibility index (Phi) is 70.1. The zero-order valence-corrected chi connectivity index (χ0v) is 65.0. The van der Waals surface area contributed by atoms with Crippen molar-refractivity contribution in [3.05, 3.63) is 158 Å². The van der Waals surface area contributed by atoms with Crippen LogP contribution in [0.15, 0.2) is 158 Å². The topological polar surface area (TPSA) is 237 Å². The number of ether oxygens (including phenoxy) is 4. The highest BCUT2D eigenvalue weighted by Gasteiger charge is 2.30. The summed E-state index contributed by atoms with van der Waals surface area (Å²) in [6.45, 7) is 4.35. The average molecular weight is 1470 g/mol. The van der Waals surface area contributed by atoms with Gasteiger partial charge in [-0.3, -0.25) is 37.3 Å². The van der Waals surface area contributed by atoms with Gasteiger partial charge in [-0.25, -0.2) is 9.13 Å². The number of hydrogen-bond donors (Lipinski definition) is 3. The number of carbonyl (C=O) groups excluding carboxylic acids is 4. The summed E-state index contributed by atoms with van der Waals surface area (Å²) >= 11 is 0. The molecule has 5 atom stereocenters. The van der Waals surface area contributed by atoms with E-state index in [1.54, 1.807) is 0 Å². The first-order valence-corrected chi connectivity index (χ1v) is 41.7. The lowest BCUT2D eigenvalue weighted by molar-refractivity contribution is -0.161. The standard InChI is InChI=1S/C83H136O17P2/c1-5-9-13-17-21-25-29-33-36-38-41-44-47-51-55-59-63-67-80(85)93-73-78(99-82(87)69-65-61-57-53-49-43-32-28-24-20-16-12-8-4)75-97-101(89,90)95-71-77(84)72-96-102(91,92)98-76-79(100-83(88)70-66-62-58-54-50-46-40-35-31-27-23-19-15-11-7-3)74-94-81(86)68-64-60-56-52-48-45-42-39-37-34-30-26-22-18-14-10-6-2/h9-11,13-16,20-23,25-28,32-37,40,42,45,52,56,77-79,84H,5-8,12,17-19,24,29-31,38-39,41,43-44,46-51,53-55,57-76H2,1-4H3,(H,89,90)(H,91,92)/b13-9-,14-10-,15-11-,20-16-,25-21-,26-22-,27-23-,32-28-,36-33-,37-34-,40-35-,45-42-,56-52-. The molecule has 3 N–H and O–H groups in total. The maximum atomic E-state index is 13.1. The van der Waals surface area contributed by atoms with Crippen molar-refractivity contribution in [2.75, 3.05) is 39.6 Å². The molecule has 19 heteroatoms. The van der Waals surface area contributed by atoms with E-state index in [1.165, 1.54) is 0 Å². The van der Waals surface area contributed by atoms with Crippen LogP contribution >= 0.6 is 15.6 Å². The lowest BCUT2D eigenvalue weighted by Crippen LogP contribution is -2.30. The molecule has 0 aliphatic heterocycles. The molecule has 0 saturated carbocycles. The number of phosphoric acid groups is 2. The average Bonchev–Trinajstić information content (AvgIpc) is 0.939. The van der Waals surface area contributed by atoms with E-state index in [0.717, 1.165) is 199 Å². The van der Waals surface area contributed by atoms with Gasteiger partial charge in [-0.05, 0) is 154 Å². The van der Waals surface area contributed by atoms with Gasteiger partial charge in [-0.1, -0.05) is 263 Å². The highest BCUT2D eigenvalue weighted by atomic mass is 31.2. The van der Waals surface area contributed by atoms with E-state index in [9.17, 15) is 43.2 Å². The molecule has 0 fully saturated rings. The molecule has 0 amide bonds. The molecule has 0 saturated heterocycles. The summed E-state index contributed by atoms with van der Waals surface area (Å²) in [7, 11) is -9.99. The largest absolute Gasteiger partial charge is 0.472 e. The SMILES string of the molecule is CC/C=C\C/C=C\C/C=C\C/C=C\C/C=C\CCCC(=O)OCC(COP(=O)(O)OCC(O)COP(=O)(O)OCC(COC(=O)CCCCCCCCC/C=C\C/C=C\C/C=C\CC)OC(=O)CCCCCCC/C=C\C/C=C\CCC)OC(=O)CCCCCCC/C=C\C/C=C\C/C=C\CC. The van der Waals surface area contributed by atoms with Crippen LogP contribution in [0.2, 0.25) is 0 Å². The van der Waals surface area contributed by atoms with E-state index in [-0.39, 0.29) is 25.7 Å². The summed E-state index contributed by atoms with van der Waals surface area (Å²) in [5.74, 6) is -2.30. The number of esters is 4. The van der Waals surface area contributed by atoms with Crippen LogP contribution in [0.5, 0.6) is 0 Å². The van der Waals surface area contributed by atoms with E-state index >= 15 is 0 Å². The molecule has 580 valence electrons. The first-order valence-electron chi connectivity index (χ1n) is 38.7. The fourth-order valence-electron chi connectivity index (χ4n) is 9.67. The molecule has 0 bridgehead atoms. The molecule has 0 aliphatic rings. The Morgan fingerprint density at radius 1 is 0.284 bits per heavy atom. The van der Waals surface area contributed by atoms with E-state index in [1.807, 2.05) is 12.2 Å². The first kappa shape index (κ1) is 96.7. The number of carbonyl (C=O) groups is 4. The number of phosphoric ester groups is 2. The quantitative estimate of drug-likeness (QED) is 0.0169. The summed E-state index contributed by atoms with van der Waals surface area (Å²) < 4.78 is 68.5. The summed E-state index contributed by atoms with van der Waals surface area (Å²) in [4.78, 5) is 72.9. The van der Waals surface area contributed by atoms with Gasteiger partial charge >= 0.3 is 39.5 Å². The van der Waals surface area contributed by atoms with Gasteiger partial charge in [0.15, 0.2) is 12.2 Å². The van der Waals surface area contributed by atoms with Gasteiger partial charge in [0.25, 0.3) is 0 Å². The van der Waals surface area contributed by atoms with Crippen molar-refractivity contribution >= 4 is 39.5 Å². The number of aliphatic hydroxyl groups is 1. The first-order chi connectivity index (χ1) is 49.7. The third-order valence-corrected chi connectivity index (χ3v) is 17.4. The van der Waals surface area contributed by atoms with Gasteiger partial charge in [0.2, 0.25) is 0 Å². The summed E-state index contributed by atoms with van der Waals surface area (Å²) in [5.41, 5.74) is 0. The Labute approximate surface area is 617 Å². The second-order valence-electron chi connectivity index (χ2n) is 25.1. The number of hydrogen-bond acceptors (Lipinski definition) is 15. The van der Waals surface area contributed by atoms with Gasteiger partial charge in [-0.2, -0.15) is 0 Å². The third kappa shape index (κ3) is 73.0. The minimum Gasteiger partial charge on any atom is -0.462 e. The van der Waals surface area contributed by atoms with Crippen LogP contribution < -0.4 is 0 Å². The zero-order chi connectivity index (χ0) is 74.6. The van der Waals surface area contributed by atoms with Crippen LogP contribution in [0.25, 0.3) is 0 Å². The van der Waals surface area contributed by atoms with Crippen molar-refractivity contribution in [3.63, 3.8) is 0 Å².